The van der Waals surface area contributed by atoms with Crippen molar-refractivity contribution >= 4 is 17.8 Å². The summed E-state index contributed by atoms with van der Waals surface area (Å²) in [7, 11) is 1.55. The van der Waals surface area contributed by atoms with Crippen LogP contribution in [0.15, 0.2) is 53.5 Å². The fourth-order valence-electron chi connectivity index (χ4n) is 5.13. The number of aliphatic imine (C=N–C) groups is 1. The standard InChI is InChI=1S/C28H36N4O5/c1-5-28(6-2)15-23(33)32(26(29)31-28)21(16-36-4)18-10-9-11-19(14-18)25(34)30-24-20-12-7-8-13-22(20)37-17-27(24,3)35/h7-14,21,24,35H,5-6,15-17H2,1-4H3,(H2,29,31)(H,30,34)/t21?,24-,27-/m1/s1. The number of guanidine groups is 1. The number of amides is 2. The Hall–Kier alpha value is -3.43. The van der Waals surface area contributed by atoms with Crippen molar-refractivity contribution in [3.8, 4) is 5.75 Å². The minimum absolute atomic E-state index is 0.0532. The molecule has 2 heterocycles. The topological polar surface area (TPSA) is 126 Å². The zero-order valence-electron chi connectivity index (χ0n) is 21.9. The first-order chi connectivity index (χ1) is 17.6. The number of fused-ring (bicyclic) bond motifs is 1. The number of nitrogens with two attached hydrogens (primary N) is 1. The number of ether oxygens (including phenoxy) is 2. The monoisotopic (exact) mass is 508 g/mol. The number of benzene rings is 2. The van der Waals surface area contributed by atoms with Gasteiger partial charge in [-0.25, -0.2) is 4.99 Å². The summed E-state index contributed by atoms with van der Waals surface area (Å²) in [6, 6.07) is 13.1. The molecule has 0 aromatic heterocycles. The van der Waals surface area contributed by atoms with Crippen molar-refractivity contribution in [1.29, 1.82) is 0 Å². The first-order valence-electron chi connectivity index (χ1n) is 12.7. The summed E-state index contributed by atoms with van der Waals surface area (Å²) in [5, 5.41) is 13.9. The van der Waals surface area contributed by atoms with Gasteiger partial charge in [0, 0.05) is 18.2 Å². The molecule has 0 saturated heterocycles. The molecule has 0 saturated carbocycles. The van der Waals surface area contributed by atoms with Gasteiger partial charge in [0.25, 0.3) is 5.91 Å². The first kappa shape index (κ1) is 26.6. The van der Waals surface area contributed by atoms with Crippen LogP contribution < -0.4 is 15.8 Å². The van der Waals surface area contributed by atoms with Crippen molar-refractivity contribution in [3.63, 3.8) is 0 Å². The second kappa shape index (κ2) is 10.5. The van der Waals surface area contributed by atoms with E-state index in [4.69, 9.17) is 20.2 Å². The molecule has 2 aliphatic rings. The Kier molecular flexibility index (Phi) is 7.57. The first-order valence-corrected chi connectivity index (χ1v) is 12.7. The Morgan fingerprint density at radius 1 is 1.27 bits per heavy atom. The number of carbonyl (C=O) groups excluding carboxylic acids is 2. The Bertz CT molecular complexity index is 1190. The molecule has 0 spiro atoms. The summed E-state index contributed by atoms with van der Waals surface area (Å²) in [6.45, 7) is 5.88. The van der Waals surface area contributed by atoms with Crippen LogP contribution in [0.4, 0.5) is 0 Å². The van der Waals surface area contributed by atoms with E-state index >= 15 is 0 Å². The van der Waals surface area contributed by atoms with Gasteiger partial charge in [0.2, 0.25) is 5.91 Å². The van der Waals surface area contributed by atoms with Crippen LogP contribution in [0.1, 0.15) is 73.6 Å². The van der Waals surface area contributed by atoms with E-state index in [1.54, 1.807) is 32.2 Å². The van der Waals surface area contributed by atoms with Crippen molar-refractivity contribution in [2.75, 3.05) is 20.3 Å². The van der Waals surface area contributed by atoms with Crippen LogP contribution in [0, 0.1) is 0 Å². The predicted octanol–water partition coefficient (Wildman–Crippen LogP) is 3.09. The van der Waals surface area contributed by atoms with Gasteiger partial charge in [0.1, 0.15) is 18.0 Å². The van der Waals surface area contributed by atoms with Crippen LogP contribution in [0.5, 0.6) is 5.75 Å². The minimum Gasteiger partial charge on any atom is -0.490 e. The number of nitrogens with one attached hydrogen (secondary N) is 1. The molecular weight excluding hydrogens is 472 g/mol. The summed E-state index contributed by atoms with van der Waals surface area (Å²) >= 11 is 0. The van der Waals surface area contributed by atoms with Crippen molar-refractivity contribution in [3.05, 3.63) is 65.2 Å². The third-order valence-corrected chi connectivity index (χ3v) is 7.48. The van der Waals surface area contributed by atoms with Crippen molar-refractivity contribution in [1.82, 2.24) is 10.2 Å². The molecule has 198 valence electrons. The Labute approximate surface area is 217 Å². The van der Waals surface area contributed by atoms with Gasteiger partial charge in [-0.2, -0.15) is 0 Å². The lowest BCUT2D eigenvalue weighted by atomic mass is 9.87. The molecule has 2 amide bonds. The quantitative estimate of drug-likeness (QED) is 0.503. The maximum absolute atomic E-state index is 13.4. The fourth-order valence-corrected chi connectivity index (χ4v) is 5.13. The summed E-state index contributed by atoms with van der Waals surface area (Å²) in [5.41, 5.74) is 6.34. The second-order valence-corrected chi connectivity index (χ2v) is 10.0. The molecule has 2 aliphatic heterocycles. The molecule has 0 radical (unpaired) electrons. The summed E-state index contributed by atoms with van der Waals surface area (Å²) in [6.07, 6.45) is 1.69. The van der Waals surface area contributed by atoms with Gasteiger partial charge in [0.15, 0.2) is 5.96 Å². The van der Waals surface area contributed by atoms with Gasteiger partial charge in [-0.05, 0) is 43.5 Å². The van der Waals surface area contributed by atoms with E-state index in [1.165, 1.54) is 4.90 Å². The number of rotatable bonds is 8. The van der Waals surface area contributed by atoms with Crippen LogP contribution in [-0.2, 0) is 9.53 Å². The van der Waals surface area contributed by atoms with Gasteiger partial charge in [-0.3, -0.25) is 14.5 Å². The third-order valence-electron chi connectivity index (χ3n) is 7.48. The zero-order chi connectivity index (χ0) is 26.8. The highest BCUT2D eigenvalue weighted by atomic mass is 16.5. The second-order valence-electron chi connectivity index (χ2n) is 10.0. The van der Waals surface area contributed by atoms with E-state index < -0.39 is 23.2 Å². The maximum atomic E-state index is 13.4. The average Bonchev–Trinajstić information content (AvgIpc) is 2.89. The van der Waals surface area contributed by atoms with Crippen LogP contribution >= 0.6 is 0 Å². The molecule has 4 N–H and O–H groups in total. The van der Waals surface area contributed by atoms with E-state index in [0.29, 0.717) is 35.3 Å². The maximum Gasteiger partial charge on any atom is 0.251 e. The fraction of sp³-hybridized carbons (Fsp3) is 0.464. The predicted molar refractivity (Wildman–Crippen MR) is 140 cm³/mol. The highest BCUT2D eigenvalue weighted by Gasteiger charge is 2.42. The van der Waals surface area contributed by atoms with E-state index in [9.17, 15) is 14.7 Å². The Morgan fingerprint density at radius 2 is 2.00 bits per heavy atom. The van der Waals surface area contributed by atoms with Gasteiger partial charge < -0.3 is 25.6 Å². The molecule has 37 heavy (non-hydrogen) atoms. The summed E-state index contributed by atoms with van der Waals surface area (Å²) < 4.78 is 11.1. The van der Waals surface area contributed by atoms with E-state index in [0.717, 1.165) is 0 Å². The SMILES string of the molecule is CCC1(CC)CC(=O)N(C(COC)c2cccc(C(=O)N[C@@H]3c4ccccc4OC[C@@]3(C)O)c2)C(N)=N1. The lowest BCUT2D eigenvalue weighted by molar-refractivity contribution is -0.132. The minimum atomic E-state index is -1.30. The van der Waals surface area contributed by atoms with Crippen molar-refractivity contribution in [2.24, 2.45) is 10.7 Å². The molecule has 4 rings (SSSR count). The van der Waals surface area contributed by atoms with E-state index in [-0.39, 0.29) is 37.4 Å². The highest BCUT2D eigenvalue weighted by molar-refractivity contribution is 6.00. The van der Waals surface area contributed by atoms with Crippen LogP contribution in [0.25, 0.3) is 0 Å². The van der Waals surface area contributed by atoms with E-state index in [2.05, 4.69) is 5.32 Å². The smallest absolute Gasteiger partial charge is 0.251 e. The average molecular weight is 509 g/mol. The van der Waals surface area contributed by atoms with E-state index in [1.807, 2.05) is 44.2 Å². The molecule has 0 aliphatic carbocycles. The van der Waals surface area contributed by atoms with Gasteiger partial charge in [-0.1, -0.05) is 44.2 Å². The number of methoxy groups -OCH3 is 1. The summed E-state index contributed by atoms with van der Waals surface area (Å²) in [4.78, 5) is 32.9. The van der Waals surface area contributed by atoms with Crippen LogP contribution in [0.3, 0.4) is 0 Å². The number of nitrogens with zero attached hydrogens (tertiary/aromatic N) is 2. The number of para-hydroxylation sites is 1. The molecule has 0 bridgehead atoms. The van der Waals surface area contributed by atoms with Crippen molar-refractivity contribution in [2.45, 2.75) is 63.3 Å². The highest BCUT2D eigenvalue weighted by Crippen LogP contribution is 2.38. The molecule has 0 fully saturated rings. The molecule has 1 unspecified atom stereocenters. The Morgan fingerprint density at radius 3 is 2.68 bits per heavy atom. The van der Waals surface area contributed by atoms with Gasteiger partial charge in [0.05, 0.1) is 30.7 Å². The molecule has 3 atom stereocenters. The number of hydrogen-bond acceptors (Lipinski definition) is 7. The zero-order valence-corrected chi connectivity index (χ0v) is 21.9. The molecule has 9 nitrogen and oxygen atoms in total. The van der Waals surface area contributed by atoms with Gasteiger partial charge in [-0.15, -0.1) is 0 Å². The molecule has 9 heteroatoms. The van der Waals surface area contributed by atoms with Crippen LogP contribution in [-0.4, -0.2) is 59.2 Å². The van der Waals surface area contributed by atoms with Crippen molar-refractivity contribution < 1.29 is 24.2 Å². The molecular formula is C28H36N4O5. The number of aliphatic hydroxyl groups is 1. The van der Waals surface area contributed by atoms with Crippen LogP contribution in [0.2, 0.25) is 0 Å². The largest absolute Gasteiger partial charge is 0.490 e. The normalized spacial score (nSPS) is 23.5. The number of carbonyl (C=O) groups is 2. The number of hydrogen-bond donors (Lipinski definition) is 3. The molecule has 2 aromatic carbocycles. The molecule has 2 aromatic rings. The lowest BCUT2D eigenvalue weighted by Crippen LogP contribution is -2.53. The Balaban J connectivity index is 1.63. The summed E-state index contributed by atoms with van der Waals surface area (Å²) in [5.74, 6) is 0.305. The lowest BCUT2D eigenvalue weighted by Gasteiger charge is -2.40. The van der Waals surface area contributed by atoms with Gasteiger partial charge >= 0.3 is 0 Å². The third kappa shape index (κ3) is 5.19.